The third-order valence-corrected chi connectivity index (χ3v) is 6.35. The van der Waals surface area contributed by atoms with E-state index in [1.807, 2.05) is 23.1 Å². The van der Waals surface area contributed by atoms with Crippen molar-refractivity contribution in [2.45, 2.75) is 56.4 Å². The highest BCUT2D eigenvalue weighted by molar-refractivity contribution is 5.89. The molecule has 6 heteroatoms. The summed E-state index contributed by atoms with van der Waals surface area (Å²) in [6.45, 7) is 1.41. The Bertz CT molecular complexity index is 753. The molecule has 0 bridgehead atoms. The van der Waals surface area contributed by atoms with Gasteiger partial charge in [-0.3, -0.25) is 14.6 Å². The zero-order valence-electron chi connectivity index (χ0n) is 15.6. The predicted molar refractivity (Wildman–Crippen MR) is 99.3 cm³/mol. The molecule has 1 unspecified atom stereocenters. The minimum atomic E-state index is -0.667. The minimum Gasteiger partial charge on any atom is -0.342 e. The van der Waals surface area contributed by atoms with E-state index < -0.39 is 5.54 Å². The van der Waals surface area contributed by atoms with E-state index in [1.54, 1.807) is 6.20 Å². The number of carbonyl (C=O) groups excluding carboxylic acids is 2. The summed E-state index contributed by atoms with van der Waals surface area (Å²) in [5, 5.41) is 12.2. The molecule has 27 heavy (non-hydrogen) atoms. The number of amides is 2. The van der Waals surface area contributed by atoms with Crippen LogP contribution in [0.25, 0.3) is 0 Å². The molecule has 6 nitrogen and oxygen atoms in total. The van der Waals surface area contributed by atoms with Gasteiger partial charge in [0.15, 0.2) is 0 Å². The van der Waals surface area contributed by atoms with Crippen molar-refractivity contribution in [1.29, 1.82) is 5.26 Å². The fourth-order valence-electron chi connectivity index (χ4n) is 4.51. The van der Waals surface area contributed by atoms with Crippen LogP contribution in [0.1, 0.15) is 56.6 Å². The molecule has 2 amide bonds. The van der Waals surface area contributed by atoms with E-state index in [0.29, 0.717) is 6.54 Å². The largest absolute Gasteiger partial charge is 0.342 e. The van der Waals surface area contributed by atoms with E-state index in [0.717, 1.165) is 57.2 Å². The maximum absolute atomic E-state index is 13.2. The lowest BCUT2D eigenvalue weighted by molar-refractivity contribution is -0.143. The smallest absolute Gasteiger partial charge is 0.226 e. The van der Waals surface area contributed by atoms with Crippen LogP contribution in [0.3, 0.4) is 0 Å². The standard InChI is InChI=1S/C21H26N4O2/c22-14-21(9-10-21)24-19(26)16-5-1-2-6-17(16)20(27)25-12-8-15(13-25)18-7-3-4-11-23-18/h3-4,7,11,15-17H,1-2,5-6,8-10,12-13H2,(H,24,26)/t15?,16-,17-/m1/s1. The van der Waals surface area contributed by atoms with Crippen LogP contribution < -0.4 is 5.32 Å². The number of aromatic nitrogens is 1. The molecule has 1 aliphatic heterocycles. The quantitative estimate of drug-likeness (QED) is 0.886. The molecule has 3 atom stereocenters. The molecule has 0 spiro atoms. The van der Waals surface area contributed by atoms with Gasteiger partial charge in [-0.15, -0.1) is 0 Å². The number of hydrogen-bond acceptors (Lipinski definition) is 4. The van der Waals surface area contributed by atoms with Gasteiger partial charge < -0.3 is 10.2 Å². The Morgan fingerprint density at radius 2 is 1.96 bits per heavy atom. The Kier molecular flexibility index (Phi) is 4.86. The number of likely N-dealkylation sites (tertiary alicyclic amines) is 1. The zero-order valence-corrected chi connectivity index (χ0v) is 15.6. The Balaban J connectivity index is 1.42. The van der Waals surface area contributed by atoms with E-state index in [-0.39, 0.29) is 29.6 Å². The van der Waals surface area contributed by atoms with Crippen molar-refractivity contribution in [1.82, 2.24) is 15.2 Å². The SMILES string of the molecule is N#CC1(NC(=O)[C@@H]2CCCC[C@H]2C(=O)N2CCC(c3ccccn3)C2)CC1. The summed E-state index contributed by atoms with van der Waals surface area (Å²) in [7, 11) is 0. The van der Waals surface area contributed by atoms with Crippen molar-refractivity contribution in [3.05, 3.63) is 30.1 Å². The van der Waals surface area contributed by atoms with Crippen molar-refractivity contribution in [3.8, 4) is 6.07 Å². The average Bonchev–Trinajstić information content (AvgIpc) is 3.31. The Morgan fingerprint density at radius 3 is 2.63 bits per heavy atom. The van der Waals surface area contributed by atoms with Crippen LogP contribution in [0.5, 0.6) is 0 Å². The number of hydrogen-bond donors (Lipinski definition) is 1. The van der Waals surface area contributed by atoms with Crippen molar-refractivity contribution in [3.63, 3.8) is 0 Å². The molecule has 1 aromatic heterocycles. The van der Waals surface area contributed by atoms with Gasteiger partial charge in [0.2, 0.25) is 11.8 Å². The summed E-state index contributed by atoms with van der Waals surface area (Å²) < 4.78 is 0. The molecule has 1 aromatic rings. The van der Waals surface area contributed by atoms with Gasteiger partial charge in [-0.1, -0.05) is 18.9 Å². The van der Waals surface area contributed by atoms with Crippen molar-refractivity contribution < 1.29 is 9.59 Å². The van der Waals surface area contributed by atoms with E-state index in [4.69, 9.17) is 0 Å². The van der Waals surface area contributed by atoms with E-state index >= 15 is 0 Å². The van der Waals surface area contributed by atoms with Crippen LogP contribution in [0.4, 0.5) is 0 Å². The fourth-order valence-corrected chi connectivity index (χ4v) is 4.51. The second kappa shape index (κ2) is 7.30. The minimum absolute atomic E-state index is 0.104. The lowest BCUT2D eigenvalue weighted by Crippen LogP contribution is -2.47. The highest BCUT2D eigenvalue weighted by Crippen LogP contribution is 2.38. The summed E-state index contributed by atoms with van der Waals surface area (Å²) in [6.07, 6.45) is 7.62. The second-order valence-corrected chi connectivity index (χ2v) is 8.21. The molecule has 1 saturated heterocycles. The molecular formula is C21H26N4O2. The highest BCUT2D eigenvalue weighted by atomic mass is 16.2. The normalized spacial score (nSPS) is 29.0. The van der Waals surface area contributed by atoms with Gasteiger partial charge in [0.05, 0.1) is 6.07 Å². The molecule has 142 valence electrons. The van der Waals surface area contributed by atoms with Gasteiger partial charge in [-0.05, 0) is 44.2 Å². The third kappa shape index (κ3) is 3.69. The molecule has 1 N–H and O–H groups in total. The molecule has 2 aliphatic carbocycles. The molecule has 3 fully saturated rings. The maximum atomic E-state index is 13.2. The maximum Gasteiger partial charge on any atom is 0.226 e. The van der Waals surface area contributed by atoms with Crippen molar-refractivity contribution in [2.75, 3.05) is 13.1 Å². The van der Waals surface area contributed by atoms with Gasteiger partial charge in [0.1, 0.15) is 5.54 Å². The summed E-state index contributed by atoms with van der Waals surface area (Å²) in [5.74, 6) is -0.274. The zero-order chi connectivity index (χ0) is 18.9. The number of pyridine rings is 1. The highest BCUT2D eigenvalue weighted by Gasteiger charge is 2.47. The lowest BCUT2D eigenvalue weighted by Gasteiger charge is -2.33. The number of nitrogens with one attached hydrogen (secondary N) is 1. The molecule has 3 aliphatic rings. The Labute approximate surface area is 159 Å². The van der Waals surface area contributed by atoms with E-state index in [9.17, 15) is 14.9 Å². The van der Waals surface area contributed by atoms with Crippen molar-refractivity contribution in [2.24, 2.45) is 11.8 Å². The topological polar surface area (TPSA) is 86.1 Å². The summed E-state index contributed by atoms with van der Waals surface area (Å²) in [6, 6.07) is 8.12. The lowest BCUT2D eigenvalue weighted by atomic mass is 9.77. The molecule has 2 saturated carbocycles. The van der Waals surface area contributed by atoms with Gasteiger partial charge in [0.25, 0.3) is 0 Å². The molecule has 4 rings (SSSR count). The van der Waals surface area contributed by atoms with Crippen LogP contribution in [-0.2, 0) is 9.59 Å². The average molecular weight is 366 g/mol. The third-order valence-electron chi connectivity index (χ3n) is 6.35. The predicted octanol–water partition coefficient (Wildman–Crippen LogP) is 2.38. The van der Waals surface area contributed by atoms with E-state index in [2.05, 4.69) is 16.4 Å². The van der Waals surface area contributed by atoms with Crippen LogP contribution in [0, 0.1) is 23.2 Å². The first-order chi connectivity index (χ1) is 13.1. The second-order valence-electron chi connectivity index (χ2n) is 8.21. The van der Waals surface area contributed by atoms with Gasteiger partial charge in [-0.25, -0.2) is 0 Å². The summed E-state index contributed by atoms with van der Waals surface area (Å²) in [4.78, 5) is 32.3. The van der Waals surface area contributed by atoms with Crippen molar-refractivity contribution >= 4 is 11.8 Å². The molecule has 0 radical (unpaired) electrons. The first kappa shape index (κ1) is 18.0. The fraction of sp³-hybridized carbons (Fsp3) is 0.619. The van der Waals surface area contributed by atoms with Gasteiger partial charge in [-0.2, -0.15) is 5.26 Å². The van der Waals surface area contributed by atoms with Crippen LogP contribution in [0.15, 0.2) is 24.4 Å². The molecule has 0 aromatic carbocycles. The number of nitriles is 1. The van der Waals surface area contributed by atoms with Crippen LogP contribution in [0.2, 0.25) is 0 Å². The number of rotatable bonds is 4. The first-order valence-electron chi connectivity index (χ1n) is 10.0. The molecule has 2 heterocycles. The monoisotopic (exact) mass is 366 g/mol. The summed E-state index contributed by atoms with van der Waals surface area (Å²) in [5.41, 5.74) is 0.371. The van der Waals surface area contributed by atoms with Crippen LogP contribution in [-0.4, -0.2) is 40.3 Å². The van der Waals surface area contributed by atoms with Crippen LogP contribution >= 0.6 is 0 Å². The number of carbonyl (C=O) groups is 2. The first-order valence-corrected chi connectivity index (χ1v) is 10.0. The molecular weight excluding hydrogens is 340 g/mol. The van der Waals surface area contributed by atoms with E-state index in [1.165, 1.54) is 0 Å². The Morgan fingerprint density at radius 1 is 1.19 bits per heavy atom. The van der Waals surface area contributed by atoms with Gasteiger partial charge >= 0.3 is 0 Å². The Hall–Kier alpha value is -2.42. The van der Waals surface area contributed by atoms with Gasteiger partial charge in [0, 0.05) is 42.7 Å². The number of nitrogens with zero attached hydrogens (tertiary/aromatic N) is 3. The summed E-state index contributed by atoms with van der Waals surface area (Å²) >= 11 is 0.